The topological polar surface area (TPSA) is 101 Å². The van der Waals surface area contributed by atoms with Gasteiger partial charge < -0.3 is 28.8 Å². The molecule has 1 atom stereocenters. The van der Waals surface area contributed by atoms with Crippen LogP contribution in [0, 0.1) is 6.92 Å². The van der Waals surface area contributed by atoms with Crippen molar-refractivity contribution in [2.45, 2.75) is 26.8 Å². The monoisotopic (exact) mass is 492 g/mol. The summed E-state index contributed by atoms with van der Waals surface area (Å²) in [7, 11) is 3.02. The molecule has 9 nitrogen and oxygen atoms in total. The number of carbonyl (C=O) groups is 2. The van der Waals surface area contributed by atoms with Crippen LogP contribution in [0.2, 0.25) is 0 Å². The second-order valence-corrected chi connectivity index (χ2v) is 8.74. The maximum Gasteiger partial charge on any atom is 0.295 e. The Morgan fingerprint density at radius 3 is 2.50 bits per heavy atom. The molecule has 1 aromatic carbocycles. The number of likely N-dealkylation sites (tertiary alicyclic amines) is 1. The number of amides is 1. The number of fused-ring (bicyclic) bond motifs is 1. The van der Waals surface area contributed by atoms with Gasteiger partial charge in [0.15, 0.2) is 11.5 Å². The number of hydrogen-bond donors (Lipinski definition) is 1. The lowest BCUT2D eigenvalue weighted by Gasteiger charge is -2.29. The van der Waals surface area contributed by atoms with Crippen molar-refractivity contribution in [1.82, 2.24) is 14.3 Å². The molecule has 0 bridgehead atoms. The zero-order valence-corrected chi connectivity index (χ0v) is 21.3. The third-order valence-corrected chi connectivity index (χ3v) is 6.88. The van der Waals surface area contributed by atoms with Crippen LogP contribution < -0.4 is 19.5 Å². The fourth-order valence-corrected chi connectivity index (χ4v) is 4.95. The molecule has 190 valence electrons. The summed E-state index contributed by atoms with van der Waals surface area (Å²) >= 11 is 0. The first kappa shape index (κ1) is 25.2. The molecule has 1 aliphatic heterocycles. The largest absolute Gasteiger partial charge is 0.871 e. The standard InChI is InChI=1S/C27H32N4O5/c1-6-29(7-2)15-16-31-23(18-11-10-12-19(35-4)26(18)36-5)21(25(33)27(31)34)24(32)22-17(3)28-20-13-8-9-14-30(20)22/h8-14,23,32H,6-7,15-16H2,1-5H3. The Morgan fingerprint density at radius 2 is 1.83 bits per heavy atom. The fourth-order valence-electron chi connectivity index (χ4n) is 4.95. The number of imidazole rings is 1. The predicted octanol–water partition coefficient (Wildman–Crippen LogP) is 0.809. The van der Waals surface area contributed by atoms with Crippen molar-refractivity contribution in [3.63, 3.8) is 0 Å². The first-order valence-electron chi connectivity index (χ1n) is 12.1. The Labute approximate surface area is 210 Å². The van der Waals surface area contributed by atoms with Gasteiger partial charge in [0.05, 0.1) is 57.8 Å². The van der Waals surface area contributed by atoms with E-state index in [4.69, 9.17) is 9.47 Å². The van der Waals surface area contributed by atoms with E-state index in [9.17, 15) is 14.7 Å². The summed E-state index contributed by atoms with van der Waals surface area (Å²) in [5.74, 6) is -1.17. The summed E-state index contributed by atoms with van der Waals surface area (Å²) in [5.41, 5.74) is 1.77. The number of rotatable bonds is 9. The smallest absolute Gasteiger partial charge is 0.295 e. The van der Waals surface area contributed by atoms with Gasteiger partial charge in [-0.05, 0) is 39.0 Å². The number of Topliss-reactive ketones (excluding diaryl/α,β-unsaturated/α-hetero) is 1. The molecule has 3 aromatic rings. The van der Waals surface area contributed by atoms with E-state index in [0.717, 1.165) is 13.1 Å². The Balaban J connectivity index is 1.95. The van der Waals surface area contributed by atoms with E-state index in [1.165, 1.54) is 24.0 Å². The summed E-state index contributed by atoms with van der Waals surface area (Å²) in [6, 6.07) is 9.77. The summed E-state index contributed by atoms with van der Waals surface area (Å²) in [5, 5.41) is 14.1. The number of nitrogens with zero attached hydrogens (tertiary/aromatic N) is 3. The van der Waals surface area contributed by atoms with Crippen LogP contribution >= 0.6 is 0 Å². The fraction of sp³-hybridized carbons (Fsp3) is 0.370. The van der Waals surface area contributed by atoms with Gasteiger partial charge in [0.25, 0.3) is 5.91 Å². The normalized spacial score (nSPS) is 17.4. The Hall–Kier alpha value is -3.85. The lowest BCUT2D eigenvalue weighted by Crippen LogP contribution is -3.12. The van der Waals surface area contributed by atoms with E-state index in [1.54, 1.807) is 47.9 Å². The van der Waals surface area contributed by atoms with Crippen molar-refractivity contribution >= 4 is 23.1 Å². The molecule has 1 saturated heterocycles. The van der Waals surface area contributed by atoms with E-state index in [2.05, 4.69) is 18.8 Å². The molecule has 1 amide bonds. The molecule has 3 heterocycles. The van der Waals surface area contributed by atoms with Crippen LogP contribution in [0.15, 0.2) is 48.2 Å². The molecule has 36 heavy (non-hydrogen) atoms. The van der Waals surface area contributed by atoms with Crippen LogP contribution in [0.4, 0.5) is 0 Å². The molecular formula is C27H32N4O5. The highest BCUT2D eigenvalue weighted by Crippen LogP contribution is 2.45. The van der Waals surface area contributed by atoms with Gasteiger partial charge in [0.2, 0.25) is 5.78 Å². The minimum atomic E-state index is -0.911. The van der Waals surface area contributed by atoms with Crippen molar-refractivity contribution < 1.29 is 29.1 Å². The van der Waals surface area contributed by atoms with E-state index < -0.39 is 23.5 Å². The van der Waals surface area contributed by atoms with Crippen molar-refractivity contribution in [1.29, 1.82) is 0 Å². The summed E-state index contributed by atoms with van der Waals surface area (Å²) < 4.78 is 12.8. The number of ether oxygens (including phenoxy) is 2. The SMILES string of the molecule is CC[NH+](CC)CCN1C(=O)C(=O)C(=C([O-])c2c(C)nc3ccccn23)C1c1cccc(OC)c1OC. The van der Waals surface area contributed by atoms with E-state index in [1.807, 2.05) is 6.07 Å². The van der Waals surface area contributed by atoms with E-state index in [0.29, 0.717) is 41.5 Å². The molecule has 4 rings (SSSR count). The third-order valence-electron chi connectivity index (χ3n) is 6.88. The Kier molecular flexibility index (Phi) is 7.30. The number of carbonyl (C=O) groups excluding carboxylic acids is 2. The maximum atomic E-state index is 14.1. The predicted molar refractivity (Wildman–Crippen MR) is 133 cm³/mol. The number of likely N-dealkylation sites (N-methyl/N-ethyl adjacent to an activating group) is 1. The number of hydrogen-bond acceptors (Lipinski definition) is 6. The molecule has 2 aromatic heterocycles. The van der Waals surface area contributed by atoms with Crippen molar-refractivity contribution in [3.05, 3.63) is 65.1 Å². The van der Waals surface area contributed by atoms with Gasteiger partial charge in [-0.15, -0.1) is 0 Å². The molecule has 0 radical (unpaired) electrons. The summed E-state index contributed by atoms with van der Waals surface area (Å²) in [6.07, 6.45) is 1.73. The second-order valence-electron chi connectivity index (χ2n) is 8.74. The van der Waals surface area contributed by atoms with E-state index >= 15 is 0 Å². The highest BCUT2D eigenvalue weighted by Gasteiger charge is 2.46. The second kappa shape index (κ2) is 10.4. The number of pyridine rings is 1. The number of ketones is 1. The summed E-state index contributed by atoms with van der Waals surface area (Å²) in [4.78, 5) is 34.1. The number of benzene rings is 1. The molecule has 1 N–H and O–H groups in total. The van der Waals surface area contributed by atoms with Crippen LogP contribution in [0.25, 0.3) is 11.4 Å². The number of aromatic nitrogens is 2. The lowest BCUT2D eigenvalue weighted by atomic mass is 9.95. The Bertz CT molecular complexity index is 1320. The van der Waals surface area contributed by atoms with Gasteiger partial charge >= 0.3 is 0 Å². The highest BCUT2D eigenvalue weighted by molar-refractivity contribution is 6.46. The number of para-hydroxylation sites is 1. The van der Waals surface area contributed by atoms with Crippen LogP contribution in [0.3, 0.4) is 0 Å². The Morgan fingerprint density at radius 1 is 1.08 bits per heavy atom. The molecule has 1 aliphatic rings. The number of aryl methyl sites for hydroxylation is 1. The quantitative estimate of drug-likeness (QED) is 0.270. The van der Waals surface area contributed by atoms with Crippen LogP contribution in [0.1, 0.15) is 36.8 Å². The maximum absolute atomic E-state index is 14.1. The minimum absolute atomic E-state index is 0.102. The number of methoxy groups -OCH3 is 2. The third kappa shape index (κ3) is 4.19. The first-order chi connectivity index (χ1) is 17.4. The number of nitrogens with one attached hydrogen (secondary N) is 1. The molecule has 0 aliphatic carbocycles. The minimum Gasteiger partial charge on any atom is -0.871 e. The summed E-state index contributed by atoms with van der Waals surface area (Å²) in [6.45, 7) is 8.61. The van der Waals surface area contributed by atoms with Crippen molar-refractivity contribution in [3.8, 4) is 11.5 Å². The molecule has 9 heteroatoms. The molecule has 0 saturated carbocycles. The van der Waals surface area contributed by atoms with Gasteiger partial charge in [0, 0.05) is 17.3 Å². The van der Waals surface area contributed by atoms with Crippen molar-refractivity contribution in [2.24, 2.45) is 0 Å². The van der Waals surface area contributed by atoms with Gasteiger partial charge in [0.1, 0.15) is 5.65 Å². The van der Waals surface area contributed by atoms with Crippen LogP contribution in [0.5, 0.6) is 11.5 Å². The van der Waals surface area contributed by atoms with Crippen molar-refractivity contribution in [2.75, 3.05) is 40.4 Å². The first-order valence-corrected chi connectivity index (χ1v) is 12.1. The highest BCUT2D eigenvalue weighted by atomic mass is 16.5. The molecule has 1 unspecified atom stereocenters. The van der Waals surface area contributed by atoms with Crippen LogP contribution in [-0.2, 0) is 9.59 Å². The number of quaternary nitrogens is 1. The zero-order chi connectivity index (χ0) is 26.0. The van der Waals surface area contributed by atoms with Gasteiger partial charge in [-0.1, -0.05) is 24.0 Å². The van der Waals surface area contributed by atoms with Gasteiger partial charge in [-0.2, -0.15) is 0 Å². The average Bonchev–Trinajstić information content (AvgIpc) is 3.36. The van der Waals surface area contributed by atoms with Gasteiger partial charge in [-0.25, -0.2) is 4.98 Å². The zero-order valence-electron chi connectivity index (χ0n) is 21.3. The molecule has 0 spiro atoms. The van der Waals surface area contributed by atoms with Gasteiger partial charge in [-0.3, -0.25) is 9.59 Å². The lowest BCUT2D eigenvalue weighted by molar-refractivity contribution is -0.895. The van der Waals surface area contributed by atoms with Crippen LogP contribution in [-0.4, -0.2) is 66.4 Å². The molecular weight excluding hydrogens is 460 g/mol. The molecule has 1 fully saturated rings. The average molecular weight is 493 g/mol. The van der Waals surface area contributed by atoms with E-state index in [-0.39, 0.29) is 11.3 Å².